The predicted octanol–water partition coefficient (Wildman–Crippen LogP) is 3.49. The zero-order chi connectivity index (χ0) is 15.0. The van der Waals surface area contributed by atoms with E-state index < -0.39 is 5.41 Å². The van der Waals surface area contributed by atoms with Crippen molar-refractivity contribution in [3.8, 4) is 0 Å². The van der Waals surface area contributed by atoms with Crippen molar-refractivity contribution in [1.29, 1.82) is 0 Å². The zero-order valence-corrected chi connectivity index (χ0v) is 12.6. The Balaban J connectivity index is 2.96. The molecule has 1 rings (SSSR count). The Labute approximate surface area is 121 Å². The number of hydrogen-bond acceptors (Lipinski definition) is 3. The third-order valence-electron chi connectivity index (χ3n) is 3.25. The van der Waals surface area contributed by atoms with Gasteiger partial charge < -0.3 is 9.47 Å². The second kappa shape index (κ2) is 7.85. The minimum Gasteiger partial charge on any atom is -0.465 e. The molecule has 0 radical (unpaired) electrons. The molecule has 1 aromatic rings. The molecule has 110 valence electrons. The molecule has 20 heavy (non-hydrogen) atoms. The van der Waals surface area contributed by atoms with E-state index in [2.05, 4.69) is 6.58 Å². The normalized spacial score (nSPS) is 13.6. The van der Waals surface area contributed by atoms with Crippen LogP contribution in [0.1, 0.15) is 32.8 Å². The topological polar surface area (TPSA) is 35.5 Å². The molecule has 1 aromatic carbocycles. The highest BCUT2D eigenvalue weighted by Crippen LogP contribution is 2.32. The second-order valence-corrected chi connectivity index (χ2v) is 4.98. The quantitative estimate of drug-likeness (QED) is 0.538. The number of esters is 1. The van der Waals surface area contributed by atoms with Gasteiger partial charge in [-0.1, -0.05) is 42.5 Å². The molecule has 3 heteroatoms. The summed E-state index contributed by atoms with van der Waals surface area (Å²) >= 11 is 0. The standard InChI is InChI=1S/C17H24O3/c1-5-19-13-14(3)12-17(4,16(18)20-6-2)15-10-8-7-9-11-15/h7-11H,3,5-6,12-13H2,1-2,4H3. The Morgan fingerprint density at radius 3 is 2.40 bits per heavy atom. The molecule has 0 saturated carbocycles. The van der Waals surface area contributed by atoms with Crippen LogP contribution in [0.3, 0.4) is 0 Å². The highest BCUT2D eigenvalue weighted by Gasteiger charge is 2.37. The predicted molar refractivity (Wildman–Crippen MR) is 80.7 cm³/mol. The van der Waals surface area contributed by atoms with Crippen molar-refractivity contribution in [2.45, 2.75) is 32.6 Å². The molecule has 0 bridgehead atoms. The van der Waals surface area contributed by atoms with E-state index in [0.29, 0.717) is 26.2 Å². The average Bonchev–Trinajstić information content (AvgIpc) is 2.46. The van der Waals surface area contributed by atoms with Gasteiger partial charge in [-0.05, 0) is 32.8 Å². The lowest BCUT2D eigenvalue weighted by atomic mass is 9.77. The lowest BCUT2D eigenvalue weighted by Crippen LogP contribution is -2.35. The van der Waals surface area contributed by atoms with E-state index in [4.69, 9.17) is 9.47 Å². The third-order valence-corrected chi connectivity index (χ3v) is 3.25. The van der Waals surface area contributed by atoms with Crippen LogP contribution >= 0.6 is 0 Å². The highest BCUT2D eigenvalue weighted by atomic mass is 16.5. The minimum atomic E-state index is -0.717. The van der Waals surface area contributed by atoms with Gasteiger partial charge in [0.2, 0.25) is 0 Å². The van der Waals surface area contributed by atoms with Crippen LogP contribution in [0.25, 0.3) is 0 Å². The summed E-state index contributed by atoms with van der Waals surface area (Å²) in [6, 6.07) is 9.69. The number of hydrogen-bond donors (Lipinski definition) is 0. The van der Waals surface area contributed by atoms with Gasteiger partial charge in [-0.3, -0.25) is 4.79 Å². The molecule has 1 unspecified atom stereocenters. The van der Waals surface area contributed by atoms with Crippen LogP contribution in [0.4, 0.5) is 0 Å². The van der Waals surface area contributed by atoms with Crippen molar-refractivity contribution in [3.63, 3.8) is 0 Å². The van der Waals surface area contributed by atoms with Crippen molar-refractivity contribution in [2.24, 2.45) is 0 Å². The average molecular weight is 276 g/mol. The van der Waals surface area contributed by atoms with E-state index in [9.17, 15) is 4.79 Å². The van der Waals surface area contributed by atoms with Crippen molar-refractivity contribution < 1.29 is 14.3 Å². The van der Waals surface area contributed by atoms with Crippen LogP contribution in [0.2, 0.25) is 0 Å². The van der Waals surface area contributed by atoms with Gasteiger partial charge in [-0.2, -0.15) is 0 Å². The molecule has 0 aliphatic carbocycles. The fraction of sp³-hybridized carbons (Fsp3) is 0.471. The highest BCUT2D eigenvalue weighted by molar-refractivity contribution is 5.83. The molecule has 0 heterocycles. The van der Waals surface area contributed by atoms with E-state index in [0.717, 1.165) is 11.1 Å². The summed E-state index contributed by atoms with van der Waals surface area (Å²) in [5, 5.41) is 0. The van der Waals surface area contributed by atoms with Gasteiger partial charge in [-0.25, -0.2) is 0 Å². The maximum absolute atomic E-state index is 12.4. The molecule has 0 fully saturated rings. The largest absolute Gasteiger partial charge is 0.465 e. The smallest absolute Gasteiger partial charge is 0.316 e. The van der Waals surface area contributed by atoms with Crippen LogP contribution < -0.4 is 0 Å². The molecular weight excluding hydrogens is 252 g/mol. The first kappa shape index (κ1) is 16.4. The van der Waals surface area contributed by atoms with Crippen LogP contribution in [0.5, 0.6) is 0 Å². The first-order chi connectivity index (χ1) is 9.54. The number of carbonyl (C=O) groups excluding carboxylic acids is 1. The fourth-order valence-electron chi connectivity index (χ4n) is 2.19. The maximum Gasteiger partial charge on any atom is 0.316 e. The maximum atomic E-state index is 12.4. The zero-order valence-electron chi connectivity index (χ0n) is 12.6. The summed E-state index contributed by atoms with van der Waals surface area (Å²) in [5.74, 6) is -0.219. The lowest BCUT2D eigenvalue weighted by molar-refractivity contribution is -0.149. The van der Waals surface area contributed by atoms with Gasteiger partial charge in [0.15, 0.2) is 0 Å². The Bertz CT molecular complexity index is 439. The van der Waals surface area contributed by atoms with Gasteiger partial charge in [0.05, 0.1) is 18.6 Å². The van der Waals surface area contributed by atoms with E-state index in [1.807, 2.05) is 51.1 Å². The minimum absolute atomic E-state index is 0.219. The molecule has 0 saturated heterocycles. The summed E-state index contributed by atoms with van der Waals surface area (Å²) < 4.78 is 10.6. The third kappa shape index (κ3) is 4.20. The Hall–Kier alpha value is -1.61. The van der Waals surface area contributed by atoms with Gasteiger partial charge in [0.1, 0.15) is 0 Å². The van der Waals surface area contributed by atoms with Crippen molar-refractivity contribution in [2.75, 3.05) is 19.8 Å². The van der Waals surface area contributed by atoms with Crippen molar-refractivity contribution in [3.05, 3.63) is 48.0 Å². The van der Waals surface area contributed by atoms with E-state index >= 15 is 0 Å². The molecule has 0 N–H and O–H groups in total. The van der Waals surface area contributed by atoms with E-state index in [-0.39, 0.29) is 5.97 Å². The fourth-order valence-corrected chi connectivity index (χ4v) is 2.19. The first-order valence-electron chi connectivity index (χ1n) is 7.01. The van der Waals surface area contributed by atoms with Crippen LogP contribution in [0, 0.1) is 0 Å². The number of benzene rings is 1. The molecule has 1 atom stereocenters. The van der Waals surface area contributed by atoms with Gasteiger partial charge in [-0.15, -0.1) is 0 Å². The van der Waals surface area contributed by atoms with Crippen molar-refractivity contribution >= 4 is 5.97 Å². The number of rotatable bonds is 8. The Morgan fingerprint density at radius 2 is 1.85 bits per heavy atom. The summed E-state index contributed by atoms with van der Waals surface area (Å²) in [5.41, 5.74) is 1.12. The first-order valence-corrected chi connectivity index (χ1v) is 7.01. The van der Waals surface area contributed by atoms with Gasteiger partial charge in [0, 0.05) is 6.61 Å². The van der Waals surface area contributed by atoms with E-state index in [1.54, 1.807) is 0 Å². The number of ether oxygens (including phenoxy) is 2. The van der Waals surface area contributed by atoms with Crippen LogP contribution in [0.15, 0.2) is 42.5 Å². The SMILES string of the molecule is C=C(COCC)CC(C)(C(=O)OCC)c1ccccc1. The monoisotopic (exact) mass is 276 g/mol. The molecular formula is C17H24O3. The summed E-state index contributed by atoms with van der Waals surface area (Å²) in [6.07, 6.45) is 0.524. The van der Waals surface area contributed by atoms with Gasteiger partial charge >= 0.3 is 5.97 Å². The number of carbonyl (C=O) groups is 1. The van der Waals surface area contributed by atoms with E-state index in [1.165, 1.54) is 0 Å². The Morgan fingerprint density at radius 1 is 1.20 bits per heavy atom. The van der Waals surface area contributed by atoms with Crippen molar-refractivity contribution in [1.82, 2.24) is 0 Å². The van der Waals surface area contributed by atoms with Crippen LogP contribution in [-0.2, 0) is 19.7 Å². The second-order valence-electron chi connectivity index (χ2n) is 4.98. The van der Waals surface area contributed by atoms with Crippen LogP contribution in [-0.4, -0.2) is 25.8 Å². The lowest BCUT2D eigenvalue weighted by Gasteiger charge is -2.28. The molecule has 3 nitrogen and oxygen atoms in total. The van der Waals surface area contributed by atoms with Gasteiger partial charge in [0.25, 0.3) is 0 Å². The summed E-state index contributed by atoms with van der Waals surface area (Å²) in [7, 11) is 0. The molecule has 0 amide bonds. The summed E-state index contributed by atoms with van der Waals surface area (Å²) in [4.78, 5) is 12.4. The molecule has 0 aliphatic heterocycles. The summed E-state index contributed by atoms with van der Waals surface area (Å²) in [6.45, 7) is 11.2. The molecule has 0 spiro atoms. The molecule has 0 aromatic heterocycles. The Kier molecular flexibility index (Phi) is 6.46. The molecule has 0 aliphatic rings.